The molecular weight excluding hydrogens is 408 g/mol. The molecule has 1 aliphatic heterocycles. The number of rotatable bonds is 5. The number of aromatic nitrogens is 5. The third-order valence-electron chi connectivity index (χ3n) is 6.92. The Morgan fingerprint density at radius 3 is 2.81 bits per heavy atom. The molecule has 1 saturated carbocycles. The van der Waals surface area contributed by atoms with Gasteiger partial charge in [0, 0.05) is 25.0 Å². The molecule has 1 atom stereocenters. The molecule has 0 bridgehead atoms. The number of aliphatic hydroxyl groups is 1. The third kappa shape index (κ3) is 3.15. The second-order valence-electron chi connectivity index (χ2n) is 9.34. The number of β-amino-alcohol motifs (C(OH)–C–C–N with tert-alkyl or cyclic N) is 1. The maximum atomic E-state index is 13.7. The number of benzene rings is 1. The van der Waals surface area contributed by atoms with Crippen LogP contribution < -0.4 is 5.56 Å². The van der Waals surface area contributed by atoms with Crippen molar-refractivity contribution in [3.8, 4) is 11.5 Å². The Labute approximate surface area is 184 Å². The highest BCUT2D eigenvalue weighted by Gasteiger charge is 2.44. The molecule has 32 heavy (non-hydrogen) atoms. The summed E-state index contributed by atoms with van der Waals surface area (Å²) in [5.41, 5.74) is 2.48. The van der Waals surface area contributed by atoms with E-state index in [1.54, 1.807) is 10.9 Å². The van der Waals surface area contributed by atoms with Crippen molar-refractivity contribution in [1.29, 1.82) is 0 Å². The first-order chi connectivity index (χ1) is 15.5. The average molecular weight is 435 g/mol. The van der Waals surface area contributed by atoms with Crippen LogP contribution in [0, 0.1) is 0 Å². The normalized spacial score (nSPS) is 20.9. The van der Waals surface area contributed by atoms with Gasteiger partial charge in [0.15, 0.2) is 0 Å². The van der Waals surface area contributed by atoms with E-state index in [0.29, 0.717) is 42.6 Å². The van der Waals surface area contributed by atoms with Crippen LogP contribution in [-0.2, 0) is 12.0 Å². The Bertz CT molecular complexity index is 1370. The van der Waals surface area contributed by atoms with Gasteiger partial charge < -0.3 is 14.2 Å². The zero-order chi connectivity index (χ0) is 21.9. The lowest BCUT2D eigenvalue weighted by Gasteiger charge is -2.30. The Morgan fingerprint density at radius 1 is 1.22 bits per heavy atom. The van der Waals surface area contributed by atoms with Gasteiger partial charge in [-0.1, -0.05) is 24.2 Å². The number of hydrogen-bond donors (Lipinski definition) is 1. The van der Waals surface area contributed by atoms with E-state index in [1.807, 2.05) is 28.7 Å². The second kappa shape index (κ2) is 7.25. The Hall–Kier alpha value is -3.04. The maximum absolute atomic E-state index is 13.7. The van der Waals surface area contributed by atoms with Crippen LogP contribution in [0.15, 0.2) is 39.9 Å². The van der Waals surface area contributed by atoms with Crippen LogP contribution in [0.1, 0.15) is 38.5 Å². The summed E-state index contributed by atoms with van der Waals surface area (Å²) in [5, 5.41) is 14.1. The summed E-state index contributed by atoms with van der Waals surface area (Å²) in [5.74, 6) is 0.965. The van der Waals surface area contributed by atoms with Crippen molar-refractivity contribution in [1.82, 2.24) is 29.0 Å². The summed E-state index contributed by atoms with van der Waals surface area (Å²) < 4.78 is 9.14. The van der Waals surface area contributed by atoms with E-state index < -0.39 is 0 Å². The Morgan fingerprint density at radius 2 is 2.03 bits per heavy atom. The minimum Gasteiger partial charge on any atom is -0.392 e. The molecule has 1 aliphatic carbocycles. The monoisotopic (exact) mass is 434 g/mol. The van der Waals surface area contributed by atoms with Crippen LogP contribution in [0.4, 0.5) is 0 Å². The minimum absolute atomic E-state index is 0.0489. The number of para-hydroxylation sites is 2. The van der Waals surface area contributed by atoms with Gasteiger partial charge in [0.05, 0.1) is 17.1 Å². The molecule has 1 saturated heterocycles. The molecule has 1 N–H and O–H groups in total. The molecule has 2 fully saturated rings. The van der Waals surface area contributed by atoms with Gasteiger partial charge >= 0.3 is 0 Å². The molecule has 1 unspecified atom stereocenters. The minimum atomic E-state index is -0.290. The summed E-state index contributed by atoms with van der Waals surface area (Å²) in [6.07, 6.45) is 5.25. The number of piperidine rings is 1. The second-order valence-corrected chi connectivity index (χ2v) is 9.34. The van der Waals surface area contributed by atoms with Gasteiger partial charge in [0.25, 0.3) is 5.56 Å². The molecule has 166 valence electrons. The Balaban J connectivity index is 1.45. The number of aliphatic hydroxyl groups excluding tert-OH is 1. The van der Waals surface area contributed by atoms with Gasteiger partial charge in [0.2, 0.25) is 11.7 Å². The van der Waals surface area contributed by atoms with Gasteiger partial charge in [-0.05, 0) is 44.4 Å². The van der Waals surface area contributed by atoms with E-state index >= 15 is 0 Å². The highest BCUT2D eigenvalue weighted by molar-refractivity contribution is 5.83. The number of likely N-dealkylation sites (tertiary alicyclic amines) is 1. The van der Waals surface area contributed by atoms with E-state index in [9.17, 15) is 9.90 Å². The molecule has 9 heteroatoms. The molecular formula is C23H26N6O3. The SMILES string of the molecule is CC1(c2nc(-c3ncn4c3c(=O)n(CCN3CCCC(O)C3)c3ccccc34)no2)CC1. The molecule has 3 aromatic heterocycles. The molecule has 4 heterocycles. The third-order valence-corrected chi connectivity index (χ3v) is 6.92. The largest absolute Gasteiger partial charge is 0.392 e. The maximum Gasteiger partial charge on any atom is 0.277 e. The van der Waals surface area contributed by atoms with Gasteiger partial charge in [-0.3, -0.25) is 14.1 Å². The molecule has 1 aromatic carbocycles. The first kappa shape index (κ1) is 19.6. The molecule has 0 spiro atoms. The first-order valence-electron chi connectivity index (χ1n) is 11.3. The van der Waals surface area contributed by atoms with Crippen molar-refractivity contribution < 1.29 is 9.63 Å². The van der Waals surface area contributed by atoms with Crippen molar-refractivity contribution in [2.45, 2.75) is 50.7 Å². The average Bonchev–Trinajstić information content (AvgIpc) is 3.18. The fraction of sp³-hybridized carbons (Fsp3) is 0.478. The highest BCUT2D eigenvalue weighted by atomic mass is 16.5. The van der Waals surface area contributed by atoms with Crippen LogP contribution >= 0.6 is 0 Å². The fourth-order valence-corrected chi connectivity index (χ4v) is 4.70. The lowest BCUT2D eigenvalue weighted by atomic mass is 10.1. The van der Waals surface area contributed by atoms with Crippen LogP contribution in [0.25, 0.3) is 28.1 Å². The van der Waals surface area contributed by atoms with E-state index in [-0.39, 0.29) is 17.1 Å². The molecule has 2 aliphatic rings. The summed E-state index contributed by atoms with van der Waals surface area (Å²) in [7, 11) is 0. The topological polar surface area (TPSA) is 102 Å². The van der Waals surface area contributed by atoms with Crippen LogP contribution in [0.5, 0.6) is 0 Å². The predicted octanol–water partition coefficient (Wildman–Crippen LogP) is 2.21. The van der Waals surface area contributed by atoms with Crippen LogP contribution in [0.2, 0.25) is 0 Å². The van der Waals surface area contributed by atoms with Gasteiger partial charge in [0.1, 0.15) is 17.5 Å². The quantitative estimate of drug-likeness (QED) is 0.514. The van der Waals surface area contributed by atoms with Gasteiger partial charge in [-0.15, -0.1) is 0 Å². The van der Waals surface area contributed by atoms with Crippen LogP contribution in [-0.4, -0.2) is 59.8 Å². The molecule has 6 rings (SSSR count). The molecule has 0 radical (unpaired) electrons. The van der Waals surface area contributed by atoms with Crippen molar-refractivity contribution in [2.24, 2.45) is 0 Å². The number of imidazole rings is 1. The number of hydrogen-bond acceptors (Lipinski definition) is 7. The number of nitrogens with zero attached hydrogens (tertiary/aromatic N) is 6. The highest BCUT2D eigenvalue weighted by Crippen LogP contribution is 2.47. The van der Waals surface area contributed by atoms with Crippen molar-refractivity contribution in [3.05, 3.63) is 46.8 Å². The standard InChI is InChI=1S/C23H26N6O3/c1-23(8-9-23)22-25-20(26-32-22)18-19-21(31)28(12-11-27-10-4-5-15(30)13-27)16-6-2-3-7-17(16)29(19)14-24-18/h2-3,6-7,14-15,30H,4-5,8-13H2,1H3. The summed E-state index contributed by atoms with van der Waals surface area (Å²) in [6.45, 7) is 4.92. The van der Waals surface area contributed by atoms with E-state index in [4.69, 9.17) is 4.52 Å². The van der Waals surface area contributed by atoms with Gasteiger partial charge in [-0.25, -0.2) is 4.98 Å². The summed E-state index contributed by atoms with van der Waals surface area (Å²) in [6, 6.07) is 7.84. The lowest BCUT2D eigenvalue weighted by molar-refractivity contribution is 0.0690. The number of fused-ring (bicyclic) bond motifs is 3. The van der Waals surface area contributed by atoms with E-state index in [0.717, 1.165) is 43.3 Å². The van der Waals surface area contributed by atoms with Crippen molar-refractivity contribution in [2.75, 3.05) is 19.6 Å². The van der Waals surface area contributed by atoms with Crippen molar-refractivity contribution >= 4 is 16.6 Å². The smallest absolute Gasteiger partial charge is 0.277 e. The van der Waals surface area contributed by atoms with E-state index in [2.05, 4.69) is 26.9 Å². The predicted molar refractivity (Wildman–Crippen MR) is 119 cm³/mol. The first-order valence-corrected chi connectivity index (χ1v) is 11.3. The zero-order valence-corrected chi connectivity index (χ0v) is 18.1. The van der Waals surface area contributed by atoms with E-state index in [1.165, 1.54) is 0 Å². The summed E-state index contributed by atoms with van der Waals surface area (Å²) >= 11 is 0. The van der Waals surface area contributed by atoms with Crippen LogP contribution in [0.3, 0.4) is 0 Å². The molecule has 9 nitrogen and oxygen atoms in total. The lowest BCUT2D eigenvalue weighted by Crippen LogP contribution is -2.40. The zero-order valence-electron chi connectivity index (χ0n) is 18.1. The Kier molecular flexibility index (Phi) is 4.44. The fourth-order valence-electron chi connectivity index (χ4n) is 4.70. The molecule has 0 amide bonds. The van der Waals surface area contributed by atoms with Crippen molar-refractivity contribution in [3.63, 3.8) is 0 Å². The molecule has 4 aromatic rings. The van der Waals surface area contributed by atoms with Gasteiger partial charge in [-0.2, -0.15) is 4.98 Å². The summed E-state index contributed by atoms with van der Waals surface area (Å²) in [4.78, 5) is 25.0.